The summed E-state index contributed by atoms with van der Waals surface area (Å²) in [7, 11) is 5.64. The normalized spacial score (nSPS) is 26.7. The number of para-hydroxylation sites is 2. The summed E-state index contributed by atoms with van der Waals surface area (Å²) in [6, 6.07) is 23.7. The maximum Gasteiger partial charge on any atom is 0.170 e. The number of anilines is 1. The third kappa shape index (κ3) is 59.4. The summed E-state index contributed by atoms with van der Waals surface area (Å²) in [6.45, 7) is 65.8. The van der Waals surface area contributed by atoms with Gasteiger partial charge in [-0.05, 0) is 181 Å². The van der Waals surface area contributed by atoms with E-state index in [1.54, 1.807) is 7.11 Å². The molecule has 0 aliphatic carbocycles. The second kappa shape index (κ2) is 79.4. The number of morpholine rings is 5. The monoisotopic (exact) mass is 2070 g/mol. The average Bonchev–Trinajstić information content (AvgIpc) is 1.74. The van der Waals surface area contributed by atoms with E-state index in [1.807, 2.05) is 66.8 Å². The molecular formula is C105H198N24O13S2. The lowest BCUT2D eigenvalue weighted by molar-refractivity contribution is -0.172. The number of piperidine rings is 2. The van der Waals surface area contributed by atoms with Gasteiger partial charge in [0.1, 0.15) is 12.4 Å². The SMILES string of the molecule is C1CC2(CCN1)OCCO2.C1CC2CNCC1O2.C1CCONC1.C1CNCCOC1.C1CSCCN1.C=C1CCCNC1.CC1(C)COCCN1.CN1CCCNCC1.CN1CCNCC1.CN1C[C@H]2CNC[C@H]2C1.COC1CNC1.C[C@@H]1COCCN1.C[C@H]1COCCN1.O=S1(=O)CCNCC1.c1cc2n(c1)CCNC2.c1ccc(C2CNCCO2)cc1.c1ccc2c(c1)NCCO2.c1ncn2c1CNCC2. The number of aromatic nitrogens is 3. The summed E-state index contributed by atoms with van der Waals surface area (Å²) in [5.74, 6) is 5.95. The highest BCUT2D eigenvalue weighted by Gasteiger charge is 2.38. The summed E-state index contributed by atoms with van der Waals surface area (Å²) < 4.78 is 78.7. The number of rotatable bonds is 2. The van der Waals surface area contributed by atoms with E-state index in [0.29, 0.717) is 55.0 Å². The van der Waals surface area contributed by atoms with Crippen LogP contribution in [0.5, 0.6) is 5.75 Å². The van der Waals surface area contributed by atoms with Gasteiger partial charge in [0.05, 0.1) is 126 Å². The number of nitrogens with one attached hydrogen (secondary N) is 18. The van der Waals surface area contributed by atoms with Gasteiger partial charge in [0.25, 0.3) is 0 Å². The van der Waals surface area contributed by atoms with Crippen LogP contribution in [0, 0.1) is 11.8 Å². The number of benzene rings is 2. The largest absolute Gasteiger partial charge is 0.490 e. The van der Waals surface area contributed by atoms with E-state index in [9.17, 15) is 8.42 Å². The number of hydrogen-bond acceptors (Lipinski definition) is 36. The Bertz CT molecular complexity index is 3550. The predicted molar refractivity (Wildman–Crippen MR) is 586 cm³/mol. The molecule has 21 aliphatic heterocycles. The van der Waals surface area contributed by atoms with Crippen LogP contribution in [0.3, 0.4) is 0 Å². The third-order valence-electron chi connectivity index (χ3n) is 26.5. The lowest BCUT2D eigenvalue weighted by atomic mass is 10.0. The average molecular weight is 2070 g/mol. The van der Waals surface area contributed by atoms with Crippen molar-refractivity contribution in [1.29, 1.82) is 0 Å². The van der Waals surface area contributed by atoms with E-state index < -0.39 is 9.84 Å². The Morgan fingerprint density at radius 3 is 1.56 bits per heavy atom. The van der Waals surface area contributed by atoms with E-state index in [4.69, 9.17) is 52.2 Å². The first-order valence-corrected chi connectivity index (χ1v) is 57.7. The van der Waals surface area contributed by atoms with Crippen molar-refractivity contribution in [2.75, 3.05) is 372 Å². The molecule has 18 N–H and O–H groups in total. The van der Waals surface area contributed by atoms with Crippen LogP contribution in [0.15, 0.2) is 97.6 Å². The van der Waals surface area contributed by atoms with Crippen molar-refractivity contribution >= 4 is 27.3 Å². The first kappa shape index (κ1) is 125. The number of ether oxygens (including phenoxy) is 10. The van der Waals surface area contributed by atoms with Crippen LogP contribution in [-0.4, -0.2) is 445 Å². The highest BCUT2D eigenvalue weighted by Crippen LogP contribution is 2.29. The van der Waals surface area contributed by atoms with Gasteiger partial charge in [0.2, 0.25) is 0 Å². The third-order valence-corrected chi connectivity index (χ3v) is 29.1. The van der Waals surface area contributed by atoms with Crippen molar-refractivity contribution in [2.24, 2.45) is 11.8 Å². The fourth-order valence-electron chi connectivity index (χ4n) is 17.7. The second-order valence-corrected chi connectivity index (χ2v) is 43.4. The zero-order valence-electron chi connectivity index (χ0n) is 89.9. The minimum absolute atomic E-state index is 0.189. The molecule has 2 aromatic heterocycles. The van der Waals surface area contributed by atoms with Gasteiger partial charge in [-0.1, -0.05) is 54.6 Å². The Morgan fingerprint density at radius 1 is 0.479 bits per heavy atom. The molecule has 4 aromatic rings. The number of piperazine rings is 1. The Hall–Kier alpha value is -4.63. The number of fused-ring (bicyclic) bond motifs is 6. The van der Waals surface area contributed by atoms with Crippen LogP contribution < -0.4 is 101 Å². The van der Waals surface area contributed by atoms with E-state index in [1.165, 1.54) is 164 Å². The van der Waals surface area contributed by atoms with Gasteiger partial charge in [0, 0.05) is 290 Å². The standard InChI is InChI=1S/C10H13NO.C8H9NO.C7H14N2.C7H10N2.C7H13NO2.C6H9N3.C6H14N2.C6H11NO.C6H13NO.C6H11N.C5H12N2.3C5H11NO.C4H9NO2S.2C4H9NO.C4H9NS/c1-2-4-9(5-3-1)10-8-11-6-7-12-10;1-2-4-8-7(3-1)9-5-6-10-8;1-9-4-6-2-8-3-7(6)5-9;1-2-7-6-8-3-5-9(7)4-1;1-3-8-4-2-7(1)9-5-6-10-7;1-2-9-5-8-4-6(9)3-7-1;1-8-5-2-3-7-4-6-8;1-2-6-4-7-3-5(1)8-6;1-6(2)5-8-4-3-7-6;1-6-3-2-4-7-5-6;1-7-4-2-6-3-5-7;2*1-5-4-7-3-2-6-5;1-2-6-3-5-7-4-1;6-8(7)3-1-5-2-4-8;1-6-4-2-5-3-4;1-2-4-6-5-3-1;1-3-6-4-2-5-1/h1-5,10-11H,6-8H2;1-4,9H,5-6H2;6-8H,2-5H2,1H3;1-2,4,8H,3,5-6H2;8H,1-6H2;4-5,7H,1-3H2;7H,2-6H2,1H3;5-7H,1-4H2;7H,3-5H2,1-2H3;7H,1-5H2;6H,2-5H2,1H3;2*5-6H,2-4H2,1H3;6H,1-5H2;5H,1-4H2;4-5H,2-3H2,1H3;2*5H,1-4H2/t;;6-,7+;;;;;;;;;2*5-;;;;;/m...........10...../s1. The molecule has 144 heavy (non-hydrogen) atoms. The molecule has 18 saturated heterocycles. The van der Waals surface area contributed by atoms with Gasteiger partial charge in [-0.15, -0.1) is 0 Å². The van der Waals surface area contributed by atoms with Crippen molar-refractivity contribution < 1.29 is 60.6 Å². The summed E-state index contributed by atoms with van der Waals surface area (Å²) >= 11 is 2.03. The van der Waals surface area contributed by atoms with Crippen LogP contribution in [-0.2, 0) is 83.5 Å². The number of imidazole rings is 1. The molecule has 0 radical (unpaired) electrons. The van der Waals surface area contributed by atoms with Gasteiger partial charge >= 0.3 is 0 Å². The molecule has 2 bridgehead atoms. The Balaban J connectivity index is 0.000000187. The summed E-state index contributed by atoms with van der Waals surface area (Å²) in [5.41, 5.74) is 9.41. The van der Waals surface area contributed by atoms with Crippen LogP contribution in [0.25, 0.3) is 0 Å². The van der Waals surface area contributed by atoms with Gasteiger partial charge in [-0.25, -0.2) is 18.9 Å². The van der Waals surface area contributed by atoms with Gasteiger partial charge in [-0.2, -0.15) is 11.8 Å². The number of hydrogen-bond donors (Lipinski definition) is 18. The quantitative estimate of drug-likeness (QED) is 0.128. The number of thioether (sulfide) groups is 1. The van der Waals surface area contributed by atoms with E-state index in [-0.39, 0.29) is 17.4 Å². The molecule has 21 aliphatic rings. The van der Waals surface area contributed by atoms with Crippen molar-refractivity contribution in [2.45, 2.75) is 166 Å². The first-order valence-electron chi connectivity index (χ1n) is 54.7. The number of methoxy groups -OCH3 is 1. The van der Waals surface area contributed by atoms with Crippen molar-refractivity contribution in [3.05, 3.63) is 115 Å². The molecule has 39 heteroatoms. The molecule has 828 valence electrons. The molecule has 3 unspecified atom stereocenters. The van der Waals surface area contributed by atoms with Gasteiger partial charge < -0.3 is 166 Å². The topological polar surface area (TPSA) is 385 Å². The zero-order valence-corrected chi connectivity index (χ0v) is 91.5. The van der Waals surface area contributed by atoms with Gasteiger partial charge in [-0.3, -0.25) is 0 Å². The highest BCUT2D eigenvalue weighted by atomic mass is 32.2. The molecule has 37 nitrogen and oxygen atoms in total. The molecule has 1 spiro atoms. The maximum absolute atomic E-state index is 10.6. The number of hydroxylamine groups is 1. The molecule has 0 amide bonds. The smallest absolute Gasteiger partial charge is 0.170 e. The van der Waals surface area contributed by atoms with Crippen LogP contribution in [0.2, 0.25) is 0 Å². The molecule has 25 rings (SSSR count). The Labute approximate surface area is 871 Å². The summed E-state index contributed by atoms with van der Waals surface area (Å²) in [4.78, 5) is 16.0. The number of nitrogens with zero attached hydrogens (tertiary/aromatic N) is 6. The highest BCUT2D eigenvalue weighted by molar-refractivity contribution is 7.99. The van der Waals surface area contributed by atoms with E-state index in [2.05, 4.69) is 211 Å². The minimum atomic E-state index is -2.65. The second-order valence-electron chi connectivity index (χ2n) is 39.9. The van der Waals surface area contributed by atoms with E-state index >= 15 is 0 Å². The summed E-state index contributed by atoms with van der Waals surface area (Å²) in [6.07, 6.45) is 19.8. The van der Waals surface area contributed by atoms with Crippen LogP contribution in [0.4, 0.5) is 5.69 Å². The minimum Gasteiger partial charge on any atom is -0.490 e. The molecule has 0 saturated carbocycles. The van der Waals surface area contributed by atoms with Crippen molar-refractivity contribution in [3.63, 3.8) is 0 Å². The fraction of sp³-hybridized carbons (Fsp3) is 0.800. The van der Waals surface area contributed by atoms with E-state index in [0.717, 1.165) is 286 Å². The maximum atomic E-state index is 10.6. The lowest BCUT2D eigenvalue weighted by Gasteiger charge is -2.31. The zero-order chi connectivity index (χ0) is 102. The number of likely N-dealkylation sites (tertiary alicyclic amines) is 1. The van der Waals surface area contributed by atoms with Crippen molar-refractivity contribution in [3.8, 4) is 5.75 Å². The Morgan fingerprint density at radius 2 is 1.07 bits per heavy atom. The summed E-state index contributed by atoms with van der Waals surface area (Å²) in [5, 5.41) is 55.4. The molecule has 18 fully saturated rings. The van der Waals surface area contributed by atoms with Gasteiger partial charge in [0.15, 0.2) is 15.6 Å². The molecule has 23 heterocycles. The number of likely N-dealkylation sites (N-methyl/N-ethyl adjacent to an activating group) is 2. The first-order chi connectivity index (χ1) is 70.4. The van der Waals surface area contributed by atoms with Crippen LogP contribution in [0.1, 0.15) is 115 Å². The lowest BCUT2D eigenvalue weighted by Crippen LogP contribution is -2.49. The predicted octanol–water partition coefficient (Wildman–Crippen LogP) is 3.40. The molecule has 7 atom stereocenters. The molecule has 2 aromatic carbocycles. The fourth-order valence-corrected chi connectivity index (χ4v) is 19.6. The Kier molecular flexibility index (Phi) is 68.7. The van der Waals surface area contributed by atoms with Crippen LogP contribution >= 0.6 is 11.8 Å². The van der Waals surface area contributed by atoms with Crippen molar-refractivity contribution in [1.82, 2.24) is 119 Å². The number of sulfone groups is 1. The molecular weight excluding hydrogens is 1870 g/mol.